The van der Waals surface area contributed by atoms with E-state index in [-0.39, 0.29) is 35.9 Å². The molecule has 0 aliphatic carbocycles. The lowest BCUT2D eigenvalue weighted by Crippen LogP contribution is -2.52. The van der Waals surface area contributed by atoms with E-state index in [2.05, 4.69) is 20.4 Å². The first kappa shape index (κ1) is 27.0. The van der Waals surface area contributed by atoms with Gasteiger partial charge in [-0.3, -0.25) is 0 Å². The standard InChI is InChI=1S/C24H18F7N3O4/c1-13-6-8-18(34-21(35)33-17-9-7-14(12-16(17)25)38-24(29,30)31)20(32-13)37-19-5-3-2-4-15(19)22(10-11-36-22)23(26,27)28/h2-9,12H,10-11H2,1H3,(H2,33,34,35). The molecule has 0 radical (unpaired) electrons. The van der Waals surface area contributed by atoms with Crippen LogP contribution in [0.3, 0.4) is 0 Å². The fourth-order valence-electron chi connectivity index (χ4n) is 3.66. The molecule has 1 saturated heterocycles. The summed E-state index contributed by atoms with van der Waals surface area (Å²) in [6.07, 6.45) is -10.1. The van der Waals surface area contributed by atoms with Gasteiger partial charge in [0, 0.05) is 23.7 Å². The second-order valence-electron chi connectivity index (χ2n) is 8.10. The van der Waals surface area contributed by atoms with Gasteiger partial charge in [0.25, 0.3) is 0 Å². The quantitative estimate of drug-likeness (QED) is 0.325. The van der Waals surface area contributed by atoms with Crippen LogP contribution in [0.1, 0.15) is 17.7 Å². The number of aryl methyl sites for hydroxylation is 1. The average molecular weight is 545 g/mol. The van der Waals surface area contributed by atoms with Gasteiger partial charge in [-0.1, -0.05) is 18.2 Å². The number of aromatic nitrogens is 1. The highest BCUT2D eigenvalue weighted by molar-refractivity contribution is 6.00. The number of nitrogens with one attached hydrogen (secondary N) is 2. The Balaban J connectivity index is 1.55. The van der Waals surface area contributed by atoms with E-state index in [1.165, 1.54) is 36.4 Å². The van der Waals surface area contributed by atoms with Gasteiger partial charge >= 0.3 is 18.6 Å². The summed E-state index contributed by atoms with van der Waals surface area (Å²) in [7, 11) is 0. The fourth-order valence-corrected chi connectivity index (χ4v) is 3.66. The third-order valence-electron chi connectivity index (χ3n) is 5.46. The smallest absolute Gasteiger partial charge is 0.437 e. The molecule has 202 valence electrons. The molecule has 1 atom stereocenters. The van der Waals surface area contributed by atoms with E-state index >= 15 is 0 Å². The Morgan fingerprint density at radius 2 is 1.66 bits per heavy atom. The summed E-state index contributed by atoms with van der Waals surface area (Å²) in [6, 6.07) is 9.23. The number of amides is 2. The first-order valence-corrected chi connectivity index (χ1v) is 10.9. The van der Waals surface area contributed by atoms with Crippen LogP contribution >= 0.6 is 0 Å². The Hall–Kier alpha value is -4.07. The van der Waals surface area contributed by atoms with Gasteiger partial charge < -0.3 is 24.8 Å². The Morgan fingerprint density at radius 3 is 2.26 bits per heavy atom. The number of pyridine rings is 1. The molecule has 14 heteroatoms. The second-order valence-corrected chi connectivity index (χ2v) is 8.10. The summed E-state index contributed by atoms with van der Waals surface area (Å²) in [4.78, 5) is 16.6. The Kier molecular flexibility index (Phi) is 7.10. The number of carbonyl (C=O) groups excluding carboxylic acids is 1. The van der Waals surface area contributed by atoms with Crippen LogP contribution in [-0.2, 0) is 10.3 Å². The molecule has 1 aromatic heterocycles. The number of anilines is 2. The number of para-hydroxylation sites is 1. The van der Waals surface area contributed by atoms with Crippen LogP contribution in [0, 0.1) is 12.7 Å². The fraction of sp³-hybridized carbons (Fsp3) is 0.250. The third kappa shape index (κ3) is 5.74. The number of nitrogens with zero attached hydrogens (tertiary/aromatic N) is 1. The number of hydrogen-bond acceptors (Lipinski definition) is 5. The molecule has 0 saturated carbocycles. The number of alkyl halides is 6. The molecule has 2 N–H and O–H groups in total. The molecular formula is C24H18F7N3O4. The van der Waals surface area contributed by atoms with E-state index < -0.39 is 41.4 Å². The first-order valence-electron chi connectivity index (χ1n) is 10.9. The van der Waals surface area contributed by atoms with Crippen LogP contribution < -0.4 is 20.1 Å². The highest BCUT2D eigenvalue weighted by Crippen LogP contribution is 2.53. The van der Waals surface area contributed by atoms with Gasteiger partial charge in [0.2, 0.25) is 5.88 Å². The summed E-state index contributed by atoms with van der Waals surface area (Å²) in [5.74, 6) is -2.52. The highest BCUT2D eigenvalue weighted by atomic mass is 19.4. The van der Waals surface area contributed by atoms with Gasteiger partial charge in [0.05, 0.1) is 12.3 Å². The van der Waals surface area contributed by atoms with Crippen molar-refractivity contribution in [2.75, 3.05) is 17.2 Å². The van der Waals surface area contributed by atoms with E-state index in [9.17, 15) is 35.5 Å². The van der Waals surface area contributed by atoms with Gasteiger partial charge in [0.1, 0.15) is 23.0 Å². The molecule has 0 bridgehead atoms. The van der Waals surface area contributed by atoms with Crippen molar-refractivity contribution in [2.24, 2.45) is 0 Å². The van der Waals surface area contributed by atoms with Crippen molar-refractivity contribution in [1.29, 1.82) is 0 Å². The Bertz CT molecular complexity index is 1340. The van der Waals surface area contributed by atoms with Crippen molar-refractivity contribution >= 4 is 17.4 Å². The van der Waals surface area contributed by atoms with E-state index in [1.807, 2.05) is 0 Å². The van der Waals surface area contributed by atoms with E-state index in [1.54, 1.807) is 6.92 Å². The number of urea groups is 1. The van der Waals surface area contributed by atoms with Crippen LogP contribution in [-0.4, -0.2) is 30.2 Å². The number of carbonyl (C=O) groups is 1. The minimum absolute atomic E-state index is 0.0871. The lowest BCUT2D eigenvalue weighted by atomic mass is 9.85. The van der Waals surface area contributed by atoms with Crippen LogP contribution in [0.25, 0.3) is 0 Å². The minimum Gasteiger partial charge on any atom is -0.437 e. The SMILES string of the molecule is Cc1ccc(NC(=O)Nc2ccc(OC(F)(F)F)cc2F)c(Oc2ccccc2C2(C(F)(F)F)CCO2)n1. The summed E-state index contributed by atoms with van der Waals surface area (Å²) < 4.78 is 107. The Morgan fingerprint density at radius 1 is 1.00 bits per heavy atom. The summed E-state index contributed by atoms with van der Waals surface area (Å²) in [6.45, 7) is 1.48. The molecular weight excluding hydrogens is 527 g/mol. The molecule has 3 aromatic rings. The zero-order valence-electron chi connectivity index (χ0n) is 19.3. The largest absolute Gasteiger partial charge is 0.573 e. The lowest BCUT2D eigenvalue weighted by Gasteiger charge is -2.43. The van der Waals surface area contributed by atoms with Crippen molar-refractivity contribution in [3.8, 4) is 17.4 Å². The molecule has 2 aromatic carbocycles. The van der Waals surface area contributed by atoms with Crippen molar-refractivity contribution < 1.29 is 49.7 Å². The maximum Gasteiger partial charge on any atom is 0.573 e. The molecule has 0 spiro atoms. The van der Waals surface area contributed by atoms with Gasteiger partial charge in [-0.05, 0) is 37.3 Å². The minimum atomic E-state index is -5.03. The summed E-state index contributed by atoms with van der Waals surface area (Å²) in [5.41, 5.74) is -2.99. The van der Waals surface area contributed by atoms with Crippen LogP contribution in [0.15, 0.2) is 54.6 Å². The number of rotatable bonds is 6. The molecule has 7 nitrogen and oxygen atoms in total. The predicted octanol–water partition coefficient (Wildman–Crippen LogP) is 7.04. The average Bonchev–Trinajstić information content (AvgIpc) is 2.76. The molecule has 4 rings (SSSR count). The molecule has 1 aliphatic rings. The van der Waals surface area contributed by atoms with Gasteiger partial charge in [-0.2, -0.15) is 13.2 Å². The maximum absolute atomic E-state index is 14.2. The van der Waals surface area contributed by atoms with Crippen LogP contribution in [0.4, 0.5) is 46.9 Å². The number of hydrogen-bond donors (Lipinski definition) is 2. The zero-order valence-corrected chi connectivity index (χ0v) is 19.3. The molecule has 2 heterocycles. The predicted molar refractivity (Wildman–Crippen MR) is 120 cm³/mol. The first-order chi connectivity index (χ1) is 17.8. The van der Waals surface area contributed by atoms with Gasteiger partial charge in [-0.15, -0.1) is 13.2 Å². The van der Waals surface area contributed by atoms with Crippen molar-refractivity contribution in [2.45, 2.75) is 31.5 Å². The number of ether oxygens (including phenoxy) is 3. The maximum atomic E-state index is 14.2. The zero-order chi connectivity index (χ0) is 27.7. The van der Waals surface area contributed by atoms with Crippen molar-refractivity contribution in [3.63, 3.8) is 0 Å². The van der Waals surface area contributed by atoms with Gasteiger partial charge in [0.15, 0.2) is 5.60 Å². The highest BCUT2D eigenvalue weighted by Gasteiger charge is 2.62. The molecule has 1 aliphatic heterocycles. The van der Waals surface area contributed by atoms with Crippen LogP contribution in [0.5, 0.6) is 17.4 Å². The number of halogens is 7. The normalized spacial score (nSPS) is 17.4. The summed E-state index contributed by atoms with van der Waals surface area (Å²) >= 11 is 0. The number of benzene rings is 2. The van der Waals surface area contributed by atoms with Crippen molar-refractivity contribution in [1.82, 2.24) is 4.98 Å². The lowest BCUT2D eigenvalue weighted by molar-refractivity contribution is -0.333. The molecule has 1 unspecified atom stereocenters. The molecule has 38 heavy (non-hydrogen) atoms. The third-order valence-corrected chi connectivity index (χ3v) is 5.46. The monoisotopic (exact) mass is 545 g/mol. The second kappa shape index (κ2) is 10.0. The van der Waals surface area contributed by atoms with E-state index in [0.717, 1.165) is 12.1 Å². The Labute approximate surface area is 210 Å². The van der Waals surface area contributed by atoms with Crippen LogP contribution in [0.2, 0.25) is 0 Å². The summed E-state index contributed by atoms with van der Waals surface area (Å²) in [5, 5.41) is 4.45. The molecule has 2 amide bonds. The molecule has 1 fully saturated rings. The van der Waals surface area contributed by atoms with E-state index in [0.29, 0.717) is 11.8 Å². The van der Waals surface area contributed by atoms with E-state index in [4.69, 9.17) is 9.47 Å². The van der Waals surface area contributed by atoms with Crippen molar-refractivity contribution in [3.05, 3.63) is 71.7 Å². The topological polar surface area (TPSA) is 81.7 Å². The van der Waals surface area contributed by atoms with Gasteiger partial charge in [-0.25, -0.2) is 14.2 Å².